The summed E-state index contributed by atoms with van der Waals surface area (Å²) < 4.78 is 0. The Balaban J connectivity index is 2.53. The largest absolute Gasteiger partial charge is 0.271 e. The molecule has 5 heteroatoms. The third-order valence-electron chi connectivity index (χ3n) is 1.27. The molecule has 1 aliphatic rings. The molecule has 1 heterocycles. The van der Waals surface area contributed by atoms with Gasteiger partial charge in [0.25, 0.3) is 5.91 Å². The van der Waals surface area contributed by atoms with Crippen molar-refractivity contribution in [2.45, 2.75) is 20.3 Å². The molecule has 0 aromatic heterocycles. The van der Waals surface area contributed by atoms with Gasteiger partial charge >= 0.3 is 0 Å². The van der Waals surface area contributed by atoms with E-state index in [0.717, 1.165) is 11.5 Å². The van der Waals surface area contributed by atoms with Crippen LogP contribution in [0.1, 0.15) is 20.3 Å². The quantitative estimate of drug-likeness (QED) is 0.629. The highest BCUT2D eigenvalue weighted by atomic mass is 32.2. The van der Waals surface area contributed by atoms with E-state index < -0.39 is 0 Å². The lowest BCUT2D eigenvalue weighted by Crippen LogP contribution is -2.02. The van der Waals surface area contributed by atoms with Crippen molar-refractivity contribution in [3.05, 3.63) is 12.2 Å². The topological polar surface area (TPSA) is 55.9 Å². The second-order valence-corrected chi connectivity index (χ2v) is 3.32. The van der Waals surface area contributed by atoms with Crippen molar-refractivity contribution in [2.24, 2.45) is 10.1 Å². The molecular weight excluding hydrogens is 186 g/mol. The Morgan fingerprint density at radius 3 is 3.00 bits per heavy atom. The number of hydrogen-bond acceptors (Lipinski definition) is 3. The van der Waals surface area contributed by atoms with Crippen LogP contribution in [-0.4, -0.2) is 16.1 Å². The number of allylic oxidation sites excluding steroid dienone is 1. The Labute approximate surface area is 81.2 Å². The van der Waals surface area contributed by atoms with Crippen molar-refractivity contribution in [1.82, 2.24) is 5.43 Å². The summed E-state index contributed by atoms with van der Waals surface area (Å²) in [5.41, 5.74) is 3.76. The second kappa shape index (κ2) is 4.81. The zero-order valence-electron chi connectivity index (χ0n) is 7.52. The fourth-order valence-electron chi connectivity index (χ4n) is 0.707. The van der Waals surface area contributed by atoms with Crippen molar-refractivity contribution in [1.29, 1.82) is 0 Å². The molecule has 0 saturated carbocycles. The Morgan fingerprint density at radius 1 is 1.69 bits per heavy atom. The first-order valence-corrected chi connectivity index (χ1v) is 4.78. The number of thioether (sulfide) groups is 1. The predicted octanol–water partition coefficient (Wildman–Crippen LogP) is 1.52. The number of carbonyl (C=O) groups excluding carboxylic acids is 1. The van der Waals surface area contributed by atoms with Crippen molar-refractivity contribution >= 4 is 27.9 Å². The van der Waals surface area contributed by atoms with Crippen LogP contribution in [-0.2, 0) is 4.79 Å². The summed E-state index contributed by atoms with van der Waals surface area (Å²) in [7, 11) is 0. The monoisotopic (exact) mass is 196 g/mol. The zero-order valence-corrected chi connectivity index (χ0v) is 8.34. The first kappa shape index (κ1) is 9.98. The first-order chi connectivity index (χ1) is 6.26. The Kier molecular flexibility index (Phi) is 3.70. The lowest BCUT2D eigenvalue weighted by Gasteiger charge is -1.89. The van der Waals surface area contributed by atoms with Gasteiger partial charge in [-0.05, 0) is 25.1 Å². The van der Waals surface area contributed by atoms with Crippen LogP contribution in [0.5, 0.6) is 0 Å². The highest BCUT2D eigenvalue weighted by Gasteiger charge is 2.14. The summed E-state index contributed by atoms with van der Waals surface area (Å²) in [6.07, 6.45) is 3.87. The Hall–Kier alpha value is -1.10. The molecule has 0 aromatic carbocycles. The van der Waals surface area contributed by atoms with Gasteiger partial charge in [-0.2, -0.15) is 4.99 Å². The van der Waals surface area contributed by atoms with Crippen LogP contribution in [0.3, 0.4) is 0 Å². The molecule has 13 heavy (non-hydrogen) atoms. The average Bonchev–Trinajstić information content (AvgIpc) is 2.52. The van der Waals surface area contributed by atoms with E-state index in [1.807, 2.05) is 6.92 Å². The van der Waals surface area contributed by atoms with E-state index in [1.165, 1.54) is 17.8 Å². The Morgan fingerprint density at radius 2 is 2.46 bits per heavy atom. The SMILES string of the molecule is C/C=C/C(=O)N=C1[N]N=C(CC)S1. The highest BCUT2D eigenvalue weighted by Crippen LogP contribution is 2.15. The molecule has 0 N–H and O–H groups in total. The summed E-state index contributed by atoms with van der Waals surface area (Å²) in [5.74, 6) is -0.290. The maximum atomic E-state index is 11.0. The molecule has 0 saturated heterocycles. The van der Waals surface area contributed by atoms with E-state index in [9.17, 15) is 4.79 Å². The molecule has 1 aliphatic heterocycles. The standard InChI is InChI=1S/C8H10N3OS/c1-3-5-6(12)9-8-11-10-7(4-2)13-8/h3,5H,4H2,1-2H3/b5-3+,9-8?. The summed E-state index contributed by atoms with van der Waals surface area (Å²) in [6.45, 7) is 3.75. The van der Waals surface area contributed by atoms with Gasteiger partial charge in [-0.15, -0.1) is 10.5 Å². The van der Waals surface area contributed by atoms with Crippen molar-refractivity contribution < 1.29 is 4.79 Å². The fraction of sp³-hybridized carbons (Fsp3) is 0.375. The van der Waals surface area contributed by atoms with E-state index >= 15 is 0 Å². The molecule has 1 rings (SSSR count). The minimum absolute atomic E-state index is 0.290. The van der Waals surface area contributed by atoms with Gasteiger partial charge in [0, 0.05) is 6.08 Å². The van der Waals surface area contributed by atoms with Gasteiger partial charge in [0.05, 0.1) is 0 Å². The van der Waals surface area contributed by atoms with E-state index in [2.05, 4.69) is 15.5 Å². The van der Waals surface area contributed by atoms with Gasteiger partial charge in [-0.25, -0.2) is 0 Å². The molecule has 0 fully saturated rings. The average molecular weight is 196 g/mol. The molecule has 0 atom stereocenters. The molecule has 1 radical (unpaired) electrons. The molecule has 69 valence electrons. The molecule has 0 aromatic rings. The van der Waals surface area contributed by atoms with Gasteiger partial charge in [0.2, 0.25) is 5.17 Å². The van der Waals surface area contributed by atoms with Gasteiger partial charge in [-0.1, -0.05) is 13.0 Å². The third-order valence-corrected chi connectivity index (χ3v) is 2.24. The van der Waals surface area contributed by atoms with Gasteiger partial charge in [0.1, 0.15) is 5.04 Å². The van der Waals surface area contributed by atoms with Crippen LogP contribution in [0.2, 0.25) is 0 Å². The van der Waals surface area contributed by atoms with Crippen LogP contribution in [0.15, 0.2) is 22.2 Å². The summed E-state index contributed by atoms with van der Waals surface area (Å²) in [6, 6.07) is 0. The van der Waals surface area contributed by atoms with Gasteiger partial charge < -0.3 is 0 Å². The minimum Gasteiger partial charge on any atom is -0.267 e. The zero-order chi connectivity index (χ0) is 9.68. The fourth-order valence-corrected chi connectivity index (χ4v) is 1.36. The summed E-state index contributed by atoms with van der Waals surface area (Å²) >= 11 is 1.34. The minimum atomic E-state index is -0.290. The molecule has 4 nitrogen and oxygen atoms in total. The van der Waals surface area contributed by atoms with Crippen molar-refractivity contribution in [3.63, 3.8) is 0 Å². The third kappa shape index (κ3) is 3.02. The smallest absolute Gasteiger partial charge is 0.267 e. The van der Waals surface area contributed by atoms with Crippen LogP contribution in [0, 0.1) is 0 Å². The Bertz CT molecular complexity index is 294. The number of carbonyl (C=O) groups is 1. The number of rotatable bonds is 2. The van der Waals surface area contributed by atoms with Crippen LogP contribution >= 0.6 is 11.8 Å². The maximum Gasteiger partial charge on any atom is 0.271 e. The van der Waals surface area contributed by atoms with Crippen molar-refractivity contribution in [3.8, 4) is 0 Å². The summed E-state index contributed by atoms with van der Waals surface area (Å²) in [5, 5.41) is 5.17. The molecule has 0 aliphatic carbocycles. The van der Waals surface area contributed by atoms with E-state index in [0.29, 0.717) is 5.17 Å². The van der Waals surface area contributed by atoms with Crippen LogP contribution in [0.25, 0.3) is 0 Å². The first-order valence-electron chi connectivity index (χ1n) is 3.97. The lowest BCUT2D eigenvalue weighted by molar-refractivity contribution is -0.113. The highest BCUT2D eigenvalue weighted by molar-refractivity contribution is 8.26. The number of amidine groups is 1. The van der Waals surface area contributed by atoms with Gasteiger partial charge in [-0.3, -0.25) is 4.79 Å². The number of amides is 1. The van der Waals surface area contributed by atoms with Crippen LogP contribution < -0.4 is 5.43 Å². The number of nitrogens with zero attached hydrogens (tertiary/aromatic N) is 3. The van der Waals surface area contributed by atoms with Crippen LogP contribution in [0.4, 0.5) is 0 Å². The molecule has 0 unspecified atom stereocenters. The number of hydrogen-bond donors (Lipinski definition) is 0. The molecule has 0 spiro atoms. The lowest BCUT2D eigenvalue weighted by atomic mass is 10.5. The van der Waals surface area contributed by atoms with Crippen molar-refractivity contribution in [2.75, 3.05) is 0 Å². The number of aliphatic imine (C=N–C) groups is 1. The molecule has 1 amide bonds. The normalized spacial score (nSPS) is 19.2. The maximum absolute atomic E-state index is 11.0. The summed E-state index contributed by atoms with van der Waals surface area (Å²) in [4.78, 5) is 14.7. The van der Waals surface area contributed by atoms with E-state index in [-0.39, 0.29) is 5.91 Å². The van der Waals surface area contributed by atoms with Gasteiger partial charge in [0.15, 0.2) is 0 Å². The predicted molar refractivity (Wildman–Crippen MR) is 54.7 cm³/mol. The van der Waals surface area contributed by atoms with E-state index in [1.54, 1.807) is 13.0 Å². The molecule has 0 bridgehead atoms. The second-order valence-electron chi connectivity index (χ2n) is 2.28. The van der Waals surface area contributed by atoms with E-state index in [4.69, 9.17) is 0 Å². The molecular formula is C8H10N3OS.